The zero-order chi connectivity index (χ0) is 23.8. The number of pyridine rings is 1. The molecule has 6 rings (SSSR count). The van der Waals surface area contributed by atoms with Crippen molar-refractivity contribution in [1.82, 2.24) is 0 Å². The molecule has 0 spiro atoms. The highest BCUT2D eigenvalue weighted by Gasteiger charge is 2.40. The number of nitrogens with zero attached hydrogens (tertiary/aromatic N) is 2. The third kappa shape index (κ3) is 4.37. The van der Waals surface area contributed by atoms with Crippen LogP contribution in [0.2, 0.25) is 0 Å². The Labute approximate surface area is 231 Å². The van der Waals surface area contributed by atoms with E-state index in [0.717, 1.165) is 12.8 Å². The van der Waals surface area contributed by atoms with Gasteiger partial charge in [-0.3, -0.25) is 9.80 Å². The minimum atomic E-state index is 0. The van der Waals surface area contributed by atoms with E-state index in [1.807, 2.05) is 0 Å². The smallest absolute Gasteiger partial charge is 0.213 e. The molecule has 3 aromatic carbocycles. The first-order chi connectivity index (χ1) is 17.2. The van der Waals surface area contributed by atoms with E-state index in [4.69, 9.17) is 0 Å². The molecule has 1 N–H and O–H groups in total. The van der Waals surface area contributed by atoms with Crippen LogP contribution in [-0.2, 0) is 0 Å². The molecule has 36 heavy (non-hydrogen) atoms. The van der Waals surface area contributed by atoms with Crippen LogP contribution in [-0.4, -0.2) is 6.17 Å². The first kappa shape index (κ1) is 24.7. The number of benzene rings is 3. The second kappa shape index (κ2) is 10.6. The predicted octanol–water partition coefficient (Wildman–Crippen LogP) is 2.93. The molecule has 4 unspecified atom stereocenters. The number of aromatic nitrogens is 1. The molecular weight excluding hydrogens is 553 g/mol. The molecule has 182 valence electrons. The molecule has 0 bridgehead atoms. The summed E-state index contributed by atoms with van der Waals surface area (Å²) in [5.74, 6) is 0.465. The number of anilines is 1. The standard InChI is InChI=1S/C32H32N3.HI/c1-24-12-6-9-17-29(24)35-23-22-33(26-13-4-3-5-14-26)32(35)20-19-30-25(2)27-15-7-8-16-28(27)31-18-10-11-21-34(30)31;/h3-18,21-23,25,30,32H,19-20H2,1-2H3;1H/q+1;. The van der Waals surface area contributed by atoms with Crippen LogP contribution in [0.4, 0.5) is 11.4 Å². The summed E-state index contributed by atoms with van der Waals surface area (Å²) in [7, 11) is 0. The molecule has 4 aromatic rings. The summed E-state index contributed by atoms with van der Waals surface area (Å²) >= 11 is 0. The summed E-state index contributed by atoms with van der Waals surface area (Å²) in [6.07, 6.45) is 9.41. The molecule has 2 aliphatic heterocycles. The van der Waals surface area contributed by atoms with E-state index < -0.39 is 0 Å². The van der Waals surface area contributed by atoms with E-state index in [9.17, 15) is 0 Å². The Bertz CT molecular complexity index is 1370. The largest absolute Gasteiger partial charge is 1.00 e. The van der Waals surface area contributed by atoms with E-state index in [0.29, 0.717) is 18.1 Å². The number of para-hydroxylation sites is 2. The lowest BCUT2D eigenvalue weighted by atomic mass is 9.82. The Balaban J connectivity index is 0.00000267. The van der Waals surface area contributed by atoms with Crippen molar-refractivity contribution in [1.29, 1.82) is 0 Å². The monoisotopic (exact) mass is 586 g/mol. The van der Waals surface area contributed by atoms with Gasteiger partial charge in [-0.2, -0.15) is 4.57 Å². The predicted molar refractivity (Wildman–Crippen MR) is 142 cm³/mol. The van der Waals surface area contributed by atoms with Crippen LogP contribution >= 0.6 is 0 Å². The molecule has 4 atom stereocenters. The molecular formula is C32H33IN3+. The average Bonchev–Trinajstić information content (AvgIpc) is 3.33. The van der Waals surface area contributed by atoms with Crippen LogP contribution in [0.5, 0.6) is 0 Å². The highest BCUT2D eigenvalue weighted by Crippen LogP contribution is 2.39. The number of hydrogen-bond acceptors (Lipinski definition) is 1. The second-order valence-corrected chi connectivity index (χ2v) is 9.86. The Morgan fingerprint density at radius 3 is 2.36 bits per heavy atom. The third-order valence-corrected chi connectivity index (χ3v) is 7.91. The van der Waals surface area contributed by atoms with Crippen molar-refractivity contribution in [3.05, 3.63) is 127 Å². The lowest BCUT2D eigenvalue weighted by Crippen LogP contribution is -3.07. The molecule has 0 amide bonds. The summed E-state index contributed by atoms with van der Waals surface area (Å²) in [5.41, 5.74) is 8.13. The van der Waals surface area contributed by atoms with Crippen molar-refractivity contribution in [3.8, 4) is 11.3 Å². The first-order valence-electron chi connectivity index (χ1n) is 12.8. The van der Waals surface area contributed by atoms with E-state index in [-0.39, 0.29) is 24.0 Å². The lowest BCUT2D eigenvalue weighted by molar-refractivity contribution is -0.800. The van der Waals surface area contributed by atoms with Gasteiger partial charge in [-0.15, -0.1) is 0 Å². The average molecular weight is 587 g/mol. The number of quaternary nitrogens is 1. The van der Waals surface area contributed by atoms with Crippen LogP contribution in [0, 0.1) is 6.92 Å². The molecule has 3 nitrogen and oxygen atoms in total. The van der Waals surface area contributed by atoms with Crippen molar-refractivity contribution in [2.24, 2.45) is 0 Å². The fourth-order valence-corrected chi connectivity index (χ4v) is 6.12. The number of aryl methyl sites for hydroxylation is 1. The number of halogens is 1. The second-order valence-electron chi connectivity index (χ2n) is 9.86. The topological polar surface area (TPSA) is 11.6 Å². The molecule has 2 aliphatic rings. The van der Waals surface area contributed by atoms with Crippen molar-refractivity contribution >= 4 is 11.4 Å². The fourth-order valence-electron chi connectivity index (χ4n) is 6.12. The van der Waals surface area contributed by atoms with Gasteiger partial charge in [-0.1, -0.05) is 61.5 Å². The SMILES string of the molecule is Cc1ccccc1[NH+]1C=CN(c2ccccc2)C1CCC1C(C)c2ccccc2-c2cccc[n+]21.[I-]. The summed E-state index contributed by atoms with van der Waals surface area (Å²) < 4.78 is 2.52. The third-order valence-electron chi connectivity index (χ3n) is 7.91. The Kier molecular flexibility index (Phi) is 7.26. The summed E-state index contributed by atoms with van der Waals surface area (Å²) in [4.78, 5) is 3.90. The van der Waals surface area contributed by atoms with Gasteiger partial charge in [0, 0.05) is 47.7 Å². The molecule has 0 fully saturated rings. The van der Waals surface area contributed by atoms with Crippen LogP contribution in [0.3, 0.4) is 0 Å². The normalized spacial score (nSPS) is 22.0. The number of hydrogen-bond donors (Lipinski definition) is 1. The molecule has 0 saturated heterocycles. The van der Waals surface area contributed by atoms with Crippen molar-refractivity contribution in [3.63, 3.8) is 0 Å². The zero-order valence-corrected chi connectivity index (χ0v) is 23.0. The molecule has 4 heteroatoms. The van der Waals surface area contributed by atoms with Crippen molar-refractivity contribution in [2.45, 2.75) is 44.8 Å². The summed E-state index contributed by atoms with van der Waals surface area (Å²) in [5, 5.41) is 0. The van der Waals surface area contributed by atoms with Crippen LogP contribution in [0.25, 0.3) is 11.3 Å². The minimum Gasteiger partial charge on any atom is -1.00 e. The van der Waals surface area contributed by atoms with Gasteiger partial charge in [0.25, 0.3) is 0 Å². The maximum Gasteiger partial charge on any atom is 0.213 e. The van der Waals surface area contributed by atoms with E-state index >= 15 is 0 Å². The maximum atomic E-state index is 2.52. The van der Waals surface area contributed by atoms with Gasteiger partial charge in [0.2, 0.25) is 5.69 Å². The van der Waals surface area contributed by atoms with Crippen molar-refractivity contribution < 1.29 is 33.4 Å². The fraction of sp³-hybridized carbons (Fsp3) is 0.219. The van der Waals surface area contributed by atoms with Crippen LogP contribution in [0.1, 0.15) is 42.9 Å². The quantitative estimate of drug-likeness (QED) is 0.280. The van der Waals surface area contributed by atoms with Gasteiger partial charge in [0.15, 0.2) is 18.4 Å². The van der Waals surface area contributed by atoms with E-state index in [1.54, 1.807) is 0 Å². The highest BCUT2D eigenvalue weighted by atomic mass is 127. The van der Waals surface area contributed by atoms with Gasteiger partial charge in [0.1, 0.15) is 11.9 Å². The maximum absolute atomic E-state index is 2.52. The Hall–Kier alpha value is -2.96. The van der Waals surface area contributed by atoms with Crippen LogP contribution in [0.15, 0.2) is 116 Å². The van der Waals surface area contributed by atoms with E-state index in [1.165, 1.54) is 38.7 Å². The summed E-state index contributed by atoms with van der Waals surface area (Å²) in [6.45, 7) is 4.63. The summed E-state index contributed by atoms with van der Waals surface area (Å²) in [6, 6.07) is 35.6. The van der Waals surface area contributed by atoms with E-state index in [2.05, 4.69) is 139 Å². The van der Waals surface area contributed by atoms with Gasteiger partial charge >= 0.3 is 0 Å². The lowest BCUT2D eigenvalue weighted by Gasteiger charge is -2.32. The first-order valence-corrected chi connectivity index (χ1v) is 12.8. The Morgan fingerprint density at radius 2 is 1.53 bits per heavy atom. The van der Waals surface area contributed by atoms with Gasteiger partial charge in [-0.05, 0) is 42.8 Å². The zero-order valence-electron chi connectivity index (χ0n) is 20.9. The molecule has 1 aromatic heterocycles. The molecule has 3 heterocycles. The number of rotatable bonds is 5. The van der Waals surface area contributed by atoms with Gasteiger partial charge < -0.3 is 24.0 Å². The van der Waals surface area contributed by atoms with Gasteiger partial charge in [0.05, 0.1) is 6.20 Å². The molecule has 0 aliphatic carbocycles. The highest BCUT2D eigenvalue weighted by molar-refractivity contribution is 5.63. The van der Waals surface area contributed by atoms with Crippen LogP contribution < -0.4 is 38.3 Å². The number of fused-ring (bicyclic) bond motifs is 3. The van der Waals surface area contributed by atoms with Crippen molar-refractivity contribution in [2.75, 3.05) is 4.90 Å². The Morgan fingerprint density at radius 1 is 0.806 bits per heavy atom. The minimum absolute atomic E-state index is 0. The van der Waals surface area contributed by atoms with Gasteiger partial charge in [-0.25, -0.2) is 0 Å². The molecule has 0 saturated carbocycles. The molecule has 0 radical (unpaired) electrons. The number of nitrogens with one attached hydrogen (secondary N) is 1.